The van der Waals surface area contributed by atoms with E-state index in [1.165, 1.54) is 0 Å². The van der Waals surface area contributed by atoms with Gasteiger partial charge in [-0.3, -0.25) is 4.79 Å². The molecule has 0 saturated heterocycles. The summed E-state index contributed by atoms with van der Waals surface area (Å²) in [4.78, 5) is 40.5. The second-order valence-corrected chi connectivity index (χ2v) is 7.58. The van der Waals surface area contributed by atoms with Gasteiger partial charge in [-0.05, 0) is 24.6 Å². The van der Waals surface area contributed by atoms with Crippen LogP contribution in [0.5, 0.6) is 5.75 Å². The first-order chi connectivity index (χ1) is 16.4. The van der Waals surface area contributed by atoms with Crippen LogP contribution in [0.1, 0.15) is 18.1 Å². The van der Waals surface area contributed by atoms with Crippen LogP contribution in [0.25, 0.3) is 16.7 Å². The summed E-state index contributed by atoms with van der Waals surface area (Å²) in [6.45, 7) is 1.60. The highest BCUT2D eigenvalue weighted by atomic mass is 16.5. The quantitative estimate of drug-likeness (QED) is 0.452. The van der Waals surface area contributed by atoms with E-state index in [4.69, 9.17) is 19.6 Å². The number of nitrogens with two attached hydrogens (primary N) is 1. The number of ether oxygens (including phenoxy) is 2. The molecule has 34 heavy (non-hydrogen) atoms. The number of nitriles is 1. The second-order valence-electron chi connectivity index (χ2n) is 7.58. The van der Waals surface area contributed by atoms with Gasteiger partial charge < -0.3 is 24.9 Å². The number of para-hydroxylation sites is 1. The third-order valence-electron chi connectivity index (χ3n) is 5.83. The first kappa shape index (κ1) is 21.0. The molecule has 0 saturated carbocycles. The van der Waals surface area contributed by atoms with Gasteiger partial charge in [0.05, 0.1) is 23.3 Å². The highest BCUT2D eigenvalue weighted by Gasteiger charge is 2.62. The Labute approximate surface area is 192 Å². The fourth-order valence-electron chi connectivity index (χ4n) is 4.49. The summed E-state index contributed by atoms with van der Waals surface area (Å²) in [6.07, 6.45) is 0. The number of fused-ring (bicyclic) bond motifs is 4. The minimum absolute atomic E-state index is 0.00849. The molecule has 168 valence electrons. The summed E-state index contributed by atoms with van der Waals surface area (Å²) in [5.74, 6) is -2.17. The molecule has 5 rings (SSSR count). The standard InChI is InChI=1S/C25H17N3O6/c1-2-32-22(29)17-19(13-8-4-3-5-9-13)28-24(31)25(17)15(12-26)21(27)34-20-14-10-6-7-11-16(14)33-23(30)18(20)25/h3-11H,2,27H2,1H3,(H,28,31). The Hall–Kier alpha value is -4.84. The molecular weight excluding hydrogens is 438 g/mol. The monoisotopic (exact) mass is 455 g/mol. The van der Waals surface area contributed by atoms with Crippen molar-refractivity contribution in [2.24, 2.45) is 5.73 Å². The maximum Gasteiger partial charge on any atom is 0.345 e. The van der Waals surface area contributed by atoms with Gasteiger partial charge in [0.15, 0.2) is 11.2 Å². The van der Waals surface area contributed by atoms with Crippen molar-refractivity contribution in [2.75, 3.05) is 6.61 Å². The van der Waals surface area contributed by atoms with E-state index in [-0.39, 0.29) is 34.8 Å². The van der Waals surface area contributed by atoms with Crippen LogP contribution in [0, 0.1) is 11.3 Å². The number of hydrogen-bond donors (Lipinski definition) is 2. The number of carbonyl (C=O) groups excluding carboxylic acids is 2. The van der Waals surface area contributed by atoms with Crippen molar-refractivity contribution in [1.82, 2.24) is 5.32 Å². The lowest BCUT2D eigenvalue weighted by Crippen LogP contribution is -2.49. The normalized spacial score (nSPS) is 19.0. The highest BCUT2D eigenvalue weighted by Crippen LogP contribution is 2.52. The summed E-state index contributed by atoms with van der Waals surface area (Å²) >= 11 is 0. The molecule has 0 bridgehead atoms. The number of nitrogens with one attached hydrogen (secondary N) is 1. The van der Waals surface area contributed by atoms with Crippen molar-refractivity contribution in [1.29, 1.82) is 5.26 Å². The molecule has 1 unspecified atom stereocenters. The number of hydrogen-bond acceptors (Lipinski definition) is 8. The Balaban J connectivity index is 1.98. The molecule has 3 N–H and O–H groups in total. The van der Waals surface area contributed by atoms with Crippen molar-refractivity contribution >= 4 is 28.5 Å². The second kappa shape index (κ2) is 7.64. The van der Waals surface area contributed by atoms with Crippen LogP contribution in [0.3, 0.4) is 0 Å². The van der Waals surface area contributed by atoms with Gasteiger partial charge in [0.2, 0.25) is 11.8 Å². The number of benzene rings is 2. The lowest BCUT2D eigenvalue weighted by atomic mass is 9.68. The lowest BCUT2D eigenvalue weighted by molar-refractivity contribution is -0.140. The van der Waals surface area contributed by atoms with Crippen molar-refractivity contribution in [3.05, 3.63) is 93.2 Å². The first-order valence-electron chi connectivity index (χ1n) is 10.4. The molecule has 1 atom stereocenters. The zero-order valence-corrected chi connectivity index (χ0v) is 17.9. The third-order valence-corrected chi connectivity index (χ3v) is 5.83. The molecule has 1 amide bonds. The van der Waals surface area contributed by atoms with Crippen molar-refractivity contribution in [3.63, 3.8) is 0 Å². The van der Waals surface area contributed by atoms with E-state index in [1.807, 2.05) is 6.07 Å². The zero-order chi connectivity index (χ0) is 24.0. The van der Waals surface area contributed by atoms with E-state index in [0.717, 1.165) is 0 Å². The molecule has 2 aromatic carbocycles. The zero-order valence-electron chi connectivity index (χ0n) is 17.9. The number of carbonyl (C=O) groups is 2. The maximum atomic E-state index is 13.8. The van der Waals surface area contributed by atoms with Gasteiger partial charge in [-0.15, -0.1) is 0 Å². The lowest BCUT2D eigenvalue weighted by Gasteiger charge is -2.33. The molecule has 0 radical (unpaired) electrons. The number of rotatable bonds is 3. The largest absolute Gasteiger partial charge is 0.463 e. The molecule has 3 heterocycles. The number of amides is 1. The molecule has 2 aliphatic rings. The predicted octanol–water partition coefficient (Wildman–Crippen LogP) is 2.22. The van der Waals surface area contributed by atoms with Crippen LogP contribution in [-0.2, 0) is 19.7 Å². The number of nitrogens with zero attached hydrogens (tertiary/aromatic N) is 1. The molecule has 0 aliphatic carbocycles. The van der Waals surface area contributed by atoms with E-state index in [9.17, 15) is 19.6 Å². The van der Waals surface area contributed by atoms with Crippen LogP contribution in [0.4, 0.5) is 0 Å². The predicted molar refractivity (Wildman–Crippen MR) is 120 cm³/mol. The summed E-state index contributed by atoms with van der Waals surface area (Å²) in [6, 6.07) is 17.0. The molecule has 3 aromatic rings. The molecule has 0 fully saturated rings. The Morgan fingerprint density at radius 2 is 1.85 bits per heavy atom. The summed E-state index contributed by atoms with van der Waals surface area (Å²) in [7, 11) is 0. The summed E-state index contributed by atoms with van der Waals surface area (Å²) < 4.78 is 16.5. The van der Waals surface area contributed by atoms with Gasteiger partial charge in [-0.25, -0.2) is 9.59 Å². The van der Waals surface area contributed by atoms with Gasteiger partial charge in [-0.1, -0.05) is 42.5 Å². The summed E-state index contributed by atoms with van der Waals surface area (Å²) in [5, 5.41) is 13.1. The van der Waals surface area contributed by atoms with Gasteiger partial charge in [0.1, 0.15) is 22.8 Å². The van der Waals surface area contributed by atoms with E-state index < -0.39 is 34.4 Å². The average molecular weight is 455 g/mol. The van der Waals surface area contributed by atoms with Crippen LogP contribution in [0.15, 0.2) is 80.8 Å². The molecule has 9 heteroatoms. The van der Waals surface area contributed by atoms with Gasteiger partial charge in [0.25, 0.3) is 0 Å². The third kappa shape index (κ3) is 2.69. The molecule has 1 aromatic heterocycles. The van der Waals surface area contributed by atoms with E-state index in [0.29, 0.717) is 10.9 Å². The molecule has 9 nitrogen and oxygen atoms in total. The van der Waals surface area contributed by atoms with Crippen molar-refractivity contribution in [2.45, 2.75) is 12.3 Å². The Morgan fingerprint density at radius 1 is 1.15 bits per heavy atom. The van der Waals surface area contributed by atoms with Crippen molar-refractivity contribution in [3.8, 4) is 11.8 Å². The van der Waals surface area contributed by atoms with Crippen LogP contribution < -0.4 is 21.4 Å². The van der Waals surface area contributed by atoms with Crippen molar-refractivity contribution < 1.29 is 23.5 Å². The smallest absolute Gasteiger partial charge is 0.345 e. The minimum Gasteiger partial charge on any atom is -0.463 e. The minimum atomic E-state index is -2.23. The molecular formula is C25H17N3O6. The first-order valence-corrected chi connectivity index (χ1v) is 10.4. The number of esters is 1. The van der Waals surface area contributed by atoms with E-state index >= 15 is 0 Å². The Kier molecular flexibility index (Phi) is 4.72. The van der Waals surface area contributed by atoms with Gasteiger partial charge in [0, 0.05) is 0 Å². The van der Waals surface area contributed by atoms with E-state index in [2.05, 4.69) is 5.32 Å². The Morgan fingerprint density at radius 3 is 2.56 bits per heavy atom. The average Bonchev–Trinajstić information content (AvgIpc) is 3.12. The van der Waals surface area contributed by atoms with Crippen LogP contribution in [0.2, 0.25) is 0 Å². The van der Waals surface area contributed by atoms with E-state index in [1.54, 1.807) is 61.5 Å². The Bertz CT molecular complexity index is 1540. The van der Waals surface area contributed by atoms with Crippen LogP contribution >= 0.6 is 0 Å². The molecule has 2 aliphatic heterocycles. The maximum absolute atomic E-state index is 13.8. The topological polar surface area (TPSA) is 145 Å². The molecule has 1 spiro atoms. The highest BCUT2D eigenvalue weighted by molar-refractivity contribution is 6.19. The SMILES string of the molecule is CCOC(=O)C1=C(c2ccccc2)NC(=O)C12C(C#N)=C(N)Oc1c2c(=O)oc2ccccc12. The van der Waals surface area contributed by atoms with Gasteiger partial charge in [-0.2, -0.15) is 5.26 Å². The fourth-order valence-corrected chi connectivity index (χ4v) is 4.49. The summed E-state index contributed by atoms with van der Waals surface area (Å²) in [5.41, 5.74) is 2.77. The fraction of sp³-hybridized carbons (Fsp3) is 0.120. The van der Waals surface area contributed by atoms with Gasteiger partial charge >= 0.3 is 11.6 Å². The van der Waals surface area contributed by atoms with Crippen LogP contribution in [-0.4, -0.2) is 18.5 Å².